The molecule has 36 heavy (non-hydrogen) atoms. The minimum Gasteiger partial charge on any atom is -0.492 e. The number of likely N-dealkylation sites (tertiary alicyclic amines) is 1. The molecule has 2 aliphatic heterocycles. The number of pyridine rings is 1. The monoisotopic (exact) mass is 492 g/mol. The highest BCUT2D eigenvalue weighted by Crippen LogP contribution is 2.40. The van der Waals surface area contributed by atoms with Crippen molar-refractivity contribution >= 4 is 23.6 Å². The van der Waals surface area contributed by atoms with Crippen LogP contribution in [0.2, 0.25) is 0 Å². The normalized spacial score (nSPS) is 20.4. The Kier molecular flexibility index (Phi) is 7.97. The Labute approximate surface area is 211 Å². The zero-order valence-corrected chi connectivity index (χ0v) is 20.6. The first-order chi connectivity index (χ1) is 17.4. The fourth-order valence-electron chi connectivity index (χ4n) is 4.95. The Morgan fingerprint density at radius 2 is 1.75 bits per heavy atom. The average molecular weight is 493 g/mol. The molecule has 2 aliphatic rings. The van der Waals surface area contributed by atoms with Gasteiger partial charge in [0.25, 0.3) is 0 Å². The molecular formula is C27H32N4O5. The zero-order chi connectivity index (χ0) is 25.5. The van der Waals surface area contributed by atoms with Gasteiger partial charge < -0.3 is 14.5 Å². The minimum absolute atomic E-state index is 0.00947. The first kappa shape index (κ1) is 25.3. The summed E-state index contributed by atoms with van der Waals surface area (Å²) in [6.45, 7) is 4.09. The predicted molar refractivity (Wildman–Crippen MR) is 132 cm³/mol. The fraction of sp³-hybridized carbons (Fsp3) is 0.444. The van der Waals surface area contributed by atoms with Gasteiger partial charge in [-0.3, -0.25) is 29.1 Å². The van der Waals surface area contributed by atoms with Crippen molar-refractivity contribution in [3.05, 3.63) is 60.4 Å². The van der Waals surface area contributed by atoms with E-state index in [1.54, 1.807) is 34.3 Å². The van der Waals surface area contributed by atoms with Crippen LogP contribution in [0.4, 0.5) is 0 Å². The Balaban J connectivity index is 1.46. The molecule has 0 aliphatic carbocycles. The van der Waals surface area contributed by atoms with Gasteiger partial charge in [-0.05, 0) is 30.5 Å². The molecule has 4 amide bonds. The summed E-state index contributed by atoms with van der Waals surface area (Å²) < 4.78 is 5.65. The molecule has 1 aromatic carbocycles. The van der Waals surface area contributed by atoms with E-state index >= 15 is 0 Å². The second-order valence-electron chi connectivity index (χ2n) is 9.28. The van der Waals surface area contributed by atoms with Crippen molar-refractivity contribution in [1.29, 1.82) is 0 Å². The third-order valence-corrected chi connectivity index (χ3v) is 6.91. The predicted octanol–water partition coefficient (Wildman–Crippen LogP) is 2.02. The number of carbonyl (C=O) groups excluding carboxylic acids is 4. The van der Waals surface area contributed by atoms with Crippen LogP contribution in [-0.4, -0.2) is 82.6 Å². The fourth-order valence-corrected chi connectivity index (χ4v) is 4.95. The van der Waals surface area contributed by atoms with Gasteiger partial charge in [0.2, 0.25) is 23.6 Å². The molecule has 0 unspecified atom stereocenters. The zero-order valence-electron chi connectivity index (χ0n) is 20.6. The number of ether oxygens (including phenoxy) is 1. The maximum Gasteiger partial charge on any atom is 0.240 e. The summed E-state index contributed by atoms with van der Waals surface area (Å²) in [5.74, 6) is -0.177. The summed E-state index contributed by atoms with van der Waals surface area (Å²) in [6.07, 6.45) is 4.29. The van der Waals surface area contributed by atoms with E-state index in [2.05, 4.69) is 4.98 Å². The molecule has 0 spiro atoms. The lowest BCUT2D eigenvalue weighted by molar-refractivity contribution is -0.142. The van der Waals surface area contributed by atoms with Crippen molar-refractivity contribution in [1.82, 2.24) is 19.7 Å². The van der Waals surface area contributed by atoms with Crippen molar-refractivity contribution in [2.75, 3.05) is 39.3 Å². The second kappa shape index (κ2) is 11.3. The third kappa shape index (κ3) is 5.56. The van der Waals surface area contributed by atoms with Gasteiger partial charge in [0.1, 0.15) is 5.75 Å². The maximum atomic E-state index is 13.8. The number of rotatable bonds is 8. The van der Waals surface area contributed by atoms with Crippen LogP contribution in [0, 0.1) is 0 Å². The van der Waals surface area contributed by atoms with Crippen LogP contribution in [-0.2, 0) is 24.6 Å². The number of carbonyl (C=O) groups is 4. The molecule has 9 heteroatoms. The van der Waals surface area contributed by atoms with Gasteiger partial charge in [0.15, 0.2) is 0 Å². The van der Waals surface area contributed by atoms with Crippen LogP contribution >= 0.6 is 0 Å². The maximum absolute atomic E-state index is 13.8. The van der Waals surface area contributed by atoms with Crippen LogP contribution in [0.3, 0.4) is 0 Å². The molecule has 3 heterocycles. The number of imide groups is 1. The third-order valence-electron chi connectivity index (χ3n) is 6.91. The van der Waals surface area contributed by atoms with Gasteiger partial charge in [-0.25, -0.2) is 0 Å². The number of amides is 4. The van der Waals surface area contributed by atoms with E-state index in [4.69, 9.17) is 4.74 Å². The number of hydrogen-bond acceptors (Lipinski definition) is 6. The highest BCUT2D eigenvalue weighted by molar-refractivity contribution is 6.10. The van der Waals surface area contributed by atoms with Crippen molar-refractivity contribution in [2.24, 2.45) is 0 Å². The highest BCUT2D eigenvalue weighted by Gasteiger charge is 2.53. The van der Waals surface area contributed by atoms with Gasteiger partial charge in [-0.2, -0.15) is 0 Å². The first-order valence-corrected chi connectivity index (χ1v) is 12.4. The van der Waals surface area contributed by atoms with Crippen LogP contribution < -0.4 is 4.74 Å². The van der Waals surface area contributed by atoms with Gasteiger partial charge in [-0.15, -0.1) is 0 Å². The van der Waals surface area contributed by atoms with Crippen LogP contribution in [0.1, 0.15) is 38.2 Å². The Morgan fingerprint density at radius 1 is 1.00 bits per heavy atom. The molecule has 2 aromatic rings. The molecule has 4 rings (SSSR count). The summed E-state index contributed by atoms with van der Waals surface area (Å²) in [5, 5.41) is 0. The number of benzene rings is 1. The van der Waals surface area contributed by atoms with Crippen molar-refractivity contribution in [2.45, 2.75) is 38.0 Å². The van der Waals surface area contributed by atoms with Gasteiger partial charge in [-0.1, -0.05) is 30.3 Å². The molecule has 2 saturated heterocycles. The van der Waals surface area contributed by atoms with Crippen LogP contribution in [0.5, 0.6) is 5.75 Å². The Hall–Kier alpha value is -3.75. The van der Waals surface area contributed by atoms with Crippen molar-refractivity contribution in [3.8, 4) is 5.75 Å². The highest BCUT2D eigenvalue weighted by atomic mass is 16.5. The van der Waals surface area contributed by atoms with E-state index in [1.165, 1.54) is 11.8 Å². The smallest absolute Gasteiger partial charge is 0.240 e. The molecule has 1 atom stereocenters. The summed E-state index contributed by atoms with van der Waals surface area (Å²) in [7, 11) is 0. The van der Waals surface area contributed by atoms with Crippen molar-refractivity contribution in [3.63, 3.8) is 0 Å². The second-order valence-corrected chi connectivity index (χ2v) is 9.28. The first-order valence-electron chi connectivity index (χ1n) is 12.4. The number of nitrogens with zero attached hydrogens (tertiary/aromatic N) is 4. The number of aromatic nitrogens is 1. The van der Waals surface area contributed by atoms with E-state index in [0.717, 1.165) is 0 Å². The van der Waals surface area contributed by atoms with E-state index < -0.39 is 5.41 Å². The Bertz CT molecular complexity index is 1090. The van der Waals surface area contributed by atoms with Gasteiger partial charge in [0.05, 0.1) is 18.2 Å². The van der Waals surface area contributed by atoms with Crippen LogP contribution in [0.25, 0.3) is 0 Å². The van der Waals surface area contributed by atoms with E-state index in [-0.39, 0.29) is 43.0 Å². The van der Waals surface area contributed by atoms with E-state index in [9.17, 15) is 19.2 Å². The van der Waals surface area contributed by atoms with Crippen LogP contribution in [0.15, 0.2) is 54.9 Å². The minimum atomic E-state index is -1.23. The lowest BCUT2D eigenvalue weighted by Gasteiger charge is -2.30. The average Bonchev–Trinajstić information content (AvgIpc) is 3.04. The summed E-state index contributed by atoms with van der Waals surface area (Å²) in [6, 6.07) is 12.7. The Morgan fingerprint density at radius 3 is 2.47 bits per heavy atom. The van der Waals surface area contributed by atoms with E-state index in [1.807, 2.05) is 30.3 Å². The SMILES string of the molecule is CC(=O)N1CCCN(C(=O)C[C@]2(c3ccccc3)CC(=O)N(CCCOc3cccnc3)C2=O)CC1. The number of hydrogen-bond donors (Lipinski definition) is 0. The summed E-state index contributed by atoms with van der Waals surface area (Å²) >= 11 is 0. The van der Waals surface area contributed by atoms with E-state index in [0.29, 0.717) is 56.9 Å². The molecule has 0 radical (unpaired) electrons. The van der Waals surface area contributed by atoms with Crippen molar-refractivity contribution < 1.29 is 23.9 Å². The molecule has 1 aromatic heterocycles. The topological polar surface area (TPSA) is 100 Å². The molecular weight excluding hydrogens is 460 g/mol. The van der Waals surface area contributed by atoms with Gasteiger partial charge in [0, 0.05) is 58.7 Å². The lowest BCUT2D eigenvalue weighted by Crippen LogP contribution is -2.44. The quantitative estimate of drug-likeness (QED) is 0.413. The molecule has 190 valence electrons. The molecule has 0 N–H and O–H groups in total. The van der Waals surface area contributed by atoms with Gasteiger partial charge >= 0.3 is 0 Å². The summed E-state index contributed by atoms with van der Waals surface area (Å²) in [5.41, 5.74) is -0.558. The molecule has 0 saturated carbocycles. The summed E-state index contributed by atoms with van der Waals surface area (Å²) in [4.78, 5) is 60.8. The molecule has 9 nitrogen and oxygen atoms in total. The molecule has 2 fully saturated rings. The lowest BCUT2D eigenvalue weighted by atomic mass is 9.75. The largest absolute Gasteiger partial charge is 0.492 e. The standard InChI is InChI=1S/C27H32N4O5/c1-21(32)29-12-6-13-30(16-15-29)24(33)18-27(22-8-3-2-4-9-22)19-25(34)31(26(27)35)14-7-17-36-23-10-5-11-28-20-23/h2-5,8-11,20H,6-7,12-19H2,1H3/t27-/m1/s1. The molecule has 0 bridgehead atoms.